The fourth-order valence-corrected chi connectivity index (χ4v) is 2.14. The van der Waals surface area contributed by atoms with Gasteiger partial charge in [-0.3, -0.25) is 0 Å². The number of halogens is 4. The van der Waals surface area contributed by atoms with Crippen LogP contribution in [0, 0.1) is 17.5 Å². The van der Waals surface area contributed by atoms with Gasteiger partial charge in [0.1, 0.15) is 11.9 Å². The Morgan fingerprint density at radius 1 is 1.10 bits per heavy atom. The van der Waals surface area contributed by atoms with E-state index >= 15 is 0 Å². The highest BCUT2D eigenvalue weighted by atomic mass is 35.5. The van der Waals surface area contributed by atoms with E-state index in [1.807, 2.05) is 0 Å². The summed E-state index contributed by atoms with van der Waals surface area (Å²) >= 11 is 5.95. The van der Waals surface area contributed by atoms with Gasteiger partial charge >= 0.3 is 0 Å². The van der Waals surface area contributed by atoms with Gasteiger partial charge in [0.25, 0.3) is 0 Å². The molecular weight excluding hydrogens is 293 g/mol. The Hall–Kier alpha value is -1.72. The highest BCUT2D eigenvalue weighted by molar-refractivity contribution is 6.31. The first-order valence-corrected chi connectivity index (χ1v) is 5.99. The summed E-state index contributed by atoms with van der Waals surface area (Å²) in [6.07, 6.45) is -1.58. The van der Waals surface area contributed by atoms with E-state index in [0.29, 0.717) is 0 Å². The third-order valence-electron chi connectivity index (χ3n) is 2.87. The molecule has 1 N–H and O–H groups in total. The Morgan fingerprint density at radius 3 is 2.45 bits per heavy atom. The van der Waals surface area contributed by atoms with Crippen molar-refractivity contribution in [1.82, 2.24) is 0 Å². The van der Waals surface area contributed by atoms with Crippen molar-refractivity contribution in [2.45, 2.75) is 6.10 Å². The average Bonchev–Trinajstić information content (AvgIpc) is 2.44. The van der Waals surface area contributed by atoms with Crippen molar-refractivity contribution in [1.29, 1.82) is 0 Å². The molecule has 0 aliphatic heterocycles. The van der Waals surface area contributed by atoms with Crippen LogP contribution in [0.5, 0.6) is 5.75 Å². The number of hydrogen-bond acceptors (Lipinski definition) is 2. The Bertz CT molecular complexity index is 647. The number of aliphatic hydroxyl groups is 1. The van der Waals surface area contributed by atoms with Gasteiger partial charge in [-0.05, 0) is 18.2 Å². The lowest BCUT2D eigenvalue weighted by atomic mass is 9.99. The minimum absolute atomic E-state index is 0.0848. The number of hydrogen-bond donors (Lipinski definition) is 1. The fraction of sp³-hybridized carbons (Fsp3) is 0.143. The molecule has 2 aromatic carbocycles. The molecular formula is C14H10ClF3O2. The van der Waals surface area contributed by atoms with Crippen molar-refractivity contribution < 1.29 is 23.0 Å². The van der Waals surface area contributed by atoms with Gasteiger partial charge in [-0.1, -0.05) is 23.7 Å². The Labute approximate surface area is 118 Å². The molecule has 0 aliphatic rings. The second kappa shape index (κ2) is 5.73. The van der Waals surface area contributed by atoms with Crippen LogP contribution in [0.4, 0.5) is 13.2 Å². The minimum atomic E-state index is -1.65. The smallest absolute Gasteiger partial charge is 0.194 e. The van der Waals surface area contributed by atoms with Crippen LogP contribution in [0.15, 0.2) is 30.3 Å². The van der Waals surface area contributed by atoms with E-state index in [4.69, 9.17) is 16.3 Å². The summed E-state index contributed by atoms with van der Waals surface area (Å²) in [5, 5.41) is 10.3. The van der Waals surface area contributed by atoms with Crippen LogP contribution in [0.3, 0.4) is 0 Å². The lowest BCUT2D eigenvalue weighted by molar-refractivity contribution is 0.207. The van der Waals surface area contributed by atoms with Gasteiger partial charge in [-0.15, -0.1) is 0 Å². The molecule has 0 radical (unpaired) electrons. The average molecular weight is 303 g/mol. The quantitative estimate of drug-likeness (QED) is 0.873. The van der Waals surface area contributed by atoms with Crippen LogP contribution in [0.2, 0.25) is 5.02 Å². The predicted octanol–water partition coefficient (Wildman–Crippen LogP) is 3.85. The largest absolute Gasteiger partial charge is 0.496 e. The molecule has 2 nitrogen and oxygen atoms in total. The molecule has 0 spiro atoms. The minimum Gasteiger partial charge on any atom is -0.496 e. The van der Waals surface area contributed by atoms with E-state index in [0.717, 1.165) is 12.1 Å². The highest BCUT2D eigenvalue weighted by Gasteiger charge is 2.24. The summed E-state index contributed by atoms with van der Waals surface area (Å²) in [5.74, 6) is -4.22. The van der Waals surface area contributed by atoms with Crippen LogP contribution in [-0.4, -0.2) is 12.2 Å². The first kappa shape index (κ1) is 14.7. The van der Waals surface area contributed by atoms with Crippen LogP contribution in [0.1, 0.15) is 17.2 Å². The summed E-state index contributed by atoms with van der Waals surface area (Å²) in [7, 11) is 1.35. The maximum absolute atomic E-state index is 13.7. The third kappa shape index (κ3) is 2.46. The van der Waals surface area contributed by atoms with E-state index in [2.05, 4.69) is 0 Å². The van der Waals surface area contributed by atoms with Gasteiger partial charge < -0.3 is 9.84 Å². The van der Waals surface area contributed by atoms with Crippen molar-refractivity contribution in [2.24, 2.45) is 0 Å². The topological polar surface area (TPSA) is 29.5 Å². The Morgan fingerprint density at radius 2 is 1.80 bits per heavy atom. The Kier molecular flexibility index (Phi) is 4.20. The molecule has 0 amide bonds. The lowest BCUT2D eigenvalue weighted by Gasteiger charge is -2.17. The van der Waals surface area contributed by atoms with E-state index in [-0.39, 0.29) is 16.3 Å². The number of aliphatic hydroxyl groups excluding tert-OH is 1. The zero-order valence-corrected chi connectivity index (χ0v) is 11.1. The number of rotatable bonds is 3. The third-order valence-corrected chi connectivity index (χ3v) is 3.20. The van der Waals surface area contributed by atoms with E-state index < -0.39 is 29.1 Å². The standard InChI is InChI=1S/C14H10ClF3O2/c1-20-10-4-2-3-8(15)11(10)14(19)7-5-6-9(16)13(18)12(7)17/h2-6,14,19H,1H3. The molecule has 0 saturated carbocycles. The molecule has 6 heteroatoms. The monoisotopic (exact) mass is 302 g/mol. The molecule has 2 rings (SSSR count). The van der Waals surface area contributed by atoms with Gasteiger partial charge in [0.2, 0.25) is 0 Å². The van der Waals surface area contributed by atoms with Crippen LogP contribution in [0.25, 0.3) is 0 Å². The number of ether oxygens (including phenoxy) is 1. The van der Waals surface area contributed by atoms with Crippen LogP contribution in [-0.2, 0) is 0 Å². The molecule has 0 bridgehead atoms. The molecule has 1 atom stereocenters. The molecule has 0 heterocycles. The summed E-state index contributed by atoms with van der Waals surface area (Å²) in [5.41, 5.74) is -0.336. The second-order valence-corrected chi connectivity index (χ2v) is 4.43. The SMILES string of the molecule is COc1cccc(Cl)c1C(O)c1ccc(F)c(F)c1F. The Balaban J connectivity index is 2.58. The summed E-state index contributed by atoms with van der Waals surface area (Å²) in [6.45, 7) is 0. The lowest BCUT2D eigenvalue weighted by Crippen LogP contribution is -2.08. The second-order valence-electron chi connectivity index (χ2n) is 4.02. The molecule has 20 heavy (non-hydrogen) atoms. The van der Waals surface area contributed by atoms with Crippen LogP contribution >= 0.6 is 11.6 Å². The van der Waals surface area contributed by atoms with Crippen molar-refractivity contribution in [3.63, 3.8) is 0 Å². The number of methoxy groups -OCH3 is 1. The van der Waals surface area contributed by atoms with E-state index in [1.54, 1.807) is 6.07 Å². The predicted molar refractivity (Wildman–Crippen MR) is 68.4 cm³/mol. The van der Waals surface area contributed by atoms with Crippen molar-refractivity contribution in [2.75, 3.05) is 7.11 Å². The van der Waals surface area contributed by atoms with E-state index in [1.165, 1.54) is 19.2 Å². The van der Waals surface area contributed by atoms with Crippen molar-refractivity contribution in [3.05, 3.63) is 63.9 Å². The van der Waals surface area contributed by atoms with Crippen molar-refractivity contribution >= 4 is 11.6 Å². The summed E-state index contributed by atoms with van der Waals surface area (Å²) < 4.78 is 44.9. The first-order valence-electron chi connectivity index (χ1n) is 5.61. The fourth-order valence-electron chi connectivity index (χ4n) is 1.87. The maximum Gasteiger partial charge on any atom is 0.194 e. The molecule has 0 saturated heterocycles. The van der Waals surface area contributed by atoms with Crippen molar-refractivity contribution in [3.8, 4) is 5.75 Å². The zero-order chi connectivity index (χ0) is 14.9. The molecule has 106 valence electrons. The highest BCUT2D eigenvalue weighted by Crippen LogP contribution is 2.36. The van der Waals surface area contributed by atoms with Gasteiger partial charge in [-0.2, -0.15) is 0 Å². The van der Waals surface area contributed by atoms with Gasteiger partial charge in [0, 0.05) is 11.1 Å². The van der Waals surface area contributed by atoms with Gasteiger partial charge in [0.05, 0.1) is 12.1 Å². The molecule has 0 fully saturated rings. The van der Waals surface area contributed by atoms with E-state index in [9.17, 15) is 18.3 Å². The summed E-state index contributed by atoms with van der Waals surface area (Å²) in [4.78, 5) is 0. The molecule has 0 aliphatic carbocycles. The van der Waals surface area contributed by atoms with Gasteiger partial charge in [-0.25, -0.2) is 13.2 Å². The molecule has 2 aromatic rings. The maximum atomic E-state index is 13.7. The molecule has 0 aromatic heterocycles. The van der Waals surface area contributed by atoms with Gasteiger partial charge in [0.15, 0.2) is 17.5 Å². The summed E-state index contributed by atoms with van der Waals surface area (Å²) in [6, 6.07) is 6.27. The zero-order valence-electron chi connectivity index (χ0n) is 10.3. The molecule has 1 unspecified atom stereocenters. The first-order chi connectivity index (χ1) is 9.47. The number of benzene rings is 2. The van der Waals surface area contributed by atoms with Crippen LogP contribution < -0.4 is 4.74 Å². The normalized spacial score (nSPS) is 12.3.